The summed E-state index contributed by atoms with van der Waals surface area (Å²) in [5.74, 6) is 0.0460. The van der Waals surface area contributed by atoms with E-state index >= 15 is 0 Å². The number of hydrazone groups is 1. The number of rotatable bonds is 9. The van der Waals surface area contributed by atoms with Gasteiger partial charge in [0, 0.05) is 11.8 Å². The number of nitrogens with zero attached hydrogens (tertiary/aromatic N) is 3. The summed E-state index contributed by atoms with van der Waals surface area (Å²) in [4.78, 5) is 30.3. The summed E-state index contributed by atoms with van der Waals surface area (Å²) < 4.78 is 28.8. The summed E-state index contributed by atoms with van der Waals surface area (Å²) in [7, 11) is 1.44. The molecule has 2 heterocycles. The zero-order chi connectivity index (χ0) is 26.4. The summed E-state index contributed by atoms with van der Waals surface area (Å²) in [6, 6.07) is 17.2. The number of halogens is 1. The number of nitrogens with one attached hydrogen (secondary N) is 1. The van der Waals surface area contributed by atoms with E-state index < -0.39 is 31.1 Å². The van der Waals surface area contributed by atoms with Gasteiger partial charge in [0.15, 0.2) is 17.7 Å². The molecule has 3 aromatic rings. The maximum absolute atomic E-state index is 13.1. The molecule has 1 aromatic heterocycles. The largest absolute Gasteiger partial charge is 0.493 e. The molecule has 1 aliphatic heterocycles. The Bertz CT molecular complexity index is 1280. The average molecular weight is 507 g/mol. The van der Waals surface area contributed by atoms with Crippen LogP contribution in [0.1, 0.15) is 46.7 Å². The first-order valence-corrected chi connectivity index (χ1v) is 11.7. The third kappa shape index (κ3) is 5.69. The molecule has 9 nitrogen and oxygen atoms in total. The second-order valence-corrected chi connectivity index (χ2v) is 8.23. The predicted molar refractivity (Wildman–Crippen MR) is 134 cm³/mol. The van der Waals surface area contributed by atoms with Crippen molar-refractivity contribution in [3.63, 3.8) is 0 Å². The smallest absolute Gasteiger partial charge is 0.433 e. The highest BCUT2D eigenvalue weighted by Gasteiger charge is 2.37. The average Bonchev–Trinajstić information content (AvgIpc) is 2.93. The van der Waals surface area contributed by atoms with Crippen LogP contribution < -0.4 is 14.8 Å². The number of alkyl halides is 1. The highest BCUT2D eigenvalue weighted by atomic mass is 19.1. The van der Waals surface area contributed by atoms with Gasteiger partial charge < -0.3 is 19.5 Å². The normalized spacial score (nSPS) is 15.9. The minimum atomic E-state index is -1.01. The number of aromatic nitrogens is 1. The van der Waals surface area contributed by atoms with Crippen LogP contribution in [0.4, 0.5) is 9.18 Å². The van der Waals surface area contributed by atoms with E-state index in [9.17, 15) is 14.0 Å². The molecule has 4 rings (SSSR count). The number of ether oxygens (including phenoxy) is 3. The number of pyridine rings is 1. The number of carbonyl (C=O) groups excluding carboxylic acids is 2. The lowest BCUT2D eigenvalue weighted by atomic mass is 10.0. The molecule has 0 spiro atoms. The molecule has 0 saturated heterocycles. The molecule has 1 aliphatic rings. The van der Waals surface area contributed by atoms with Crippen LogP contribution in [0.3, 0.4) is 0 Å². The summed E-state index contributed by atoms with van der Waals surface area (Å²) in [5.41, 5.74) is 2.85. The van der Waals surface area contributed by atoms with Crippen LogP contribution in [0, 0.1) is 6.92 Å². The van der Waals surface area contributed by atoms with Gasteiger partial charge in [-0.25, -0.2) is 9.18 Å². The number of benzene rings is 2. The van der Waals surface area contributed by atoms with Gasteiger partial charge in [0.2, 0.25) is 6.86 Å². The minimum Gasteiger partial charge on any atom is -0.493 e. The van der Waals surface area contributed by atoms with Crippen LogP contribution in [0.2, 0.25) is 0 Å². The second-order valence-electron chi connectivity index (χ2n) is 8.23. The molecule has 2 unspecified atom stereocenters. The third-order valence-corrected chi connectivity index (χ3v) is 5.79. The quantitative estimate of drug-likeness (QED) is 0.449. The van der Waals surface area contributed by atoms with Gasteiger partial charge in [-0.1, -0.05) is 42.8 Å². The van der Waals surface area contributed by atoms with E-state index in [2.05, 4.69) is 15.4 Å². The van der Waals surface area contributed by atoms with Crippen molar-refractivity contribution in [2.24, 2.45) is 5.10 Å². The lowest BCUT2D eigenvalue weighted by molar-refractivity contribution is 0.0492. The molecule has 0 radical (unpaired) electrons. The summed E-state index contributed by atoms with van der Waals surface area (Å²) >= 11 is 0. The Morgan fingerprint density at radius 3 is 2.59 bits per heavy atom. The van der Waals surface area contributed by atoms with E-state index in [0.717, 1.165) is 10.6 Å². The van der Waals surface area contributed by atoms with Gasteiger partial charge in [-0.3, -0.25) is 9.78 Å². The van der Waals surface area contributed by atoms with Crippen molar-refractivity contribution in [2.45, 2.75) is 32.5 Å². The second kappa shape index (κ2) is 11.5. The van der Waals surface area contributed by atoms with E-state index in [0.29, 0.717) is 29.0 Å². The van der Waals surface area contributed by atoms with Gasteiger partial charge in [-0.05, 0) is 49.2 Å². The van der Waals surface area contributed by atoms with Crippen LogP contribution in [0.15, 0.2) is 72.0 Å². The van der Waals surface area contributed by atoms with Gasteiger partial charge in [-0.15, -0.1) is 0 Å². The topological polar surface area (TPSA) is 102 Å². The monoisotopic (exact) mass is 506 g/mol. The molecule has 0 aliphatic carbocycles. The molecule has 0 bridgehead atoms. The summed E-state index contributed by atoms with van der Waals surface area (Å²) in [6.45, 7) is 2.79. The highest BCUT2D eigenvalue weighted by Crippen LogP contribution is 2.32. The lowest BCUT2D eigenvalue weighted by Crippen LogP contribution is -2.48. The van der Waals surface area contributed by atoms with Crippen molar-refractivity contribution in [3.8, 4) is 11.5 Å². The van der Waals surface area contributed by atoms with Gasteiger partial charge in [0.25, 0.3) is 5.91 Å². The molecular formula is C27H27FN4O5. The Morgan fingerprint density at radius 1 is 1.16 bits per heavy atom. The fourth-order valence-corrected chi connectivity index (χ4v) is 3.87. The Morgan fingerprint density at radius 2 is 1.95 bits per heavy atom. The van der Waals surface area contributed by atoms with E-state index in [1.165, 1.54) is 13.3 Å². The van der Waals surface area contributed by atoms with E-state index in [-0.39, 0.29) is 11.4 Å². The first-order chi connectivity index (χ1) is 17.9. The molecule has 10 heteroatoms. The number of methoxy groups -OCH3 is 1. The van der Waals surface area contributed by atoms with Crippen molar-refractivity contribution in [2.75, 3.05) is 14.0 Å². The third-order valence-electron chi connectivity index (χ3n) is 5.79. The van der Waals surface area contributed by atoms with Crippen LogP contribution in [0.5, 0.6) is 11.5 Å². The molecular weight excluding hydrogens is 479 g/mol. The molecule has 2 atom stereocenters. The lowest BCUT2D eigenvalue weighted by Gasteiger charge is -2.34. The Labute approximate surface area is 213 Å². The number of hydrogen-bond acceptors (Lipinski definition) is 7. The van der Waals surface area contributed by atoms with E-state index in [1.807, 2.05) is 26.0 Å². The first kappa shape index (κ1) is 25.6. The van der Waals surface area contributed by atoms with Crippen molar-refractivity contribution in [3.05, 3.63) is 89.2 Å². The molecule has 0 fully saturated rings. The minimum absolute atomic E-state index is 0.189. The highest BCUT2D eigenvalue weighted by molar-refractivity contribution is 6.06. The number of hydrogen-bond donors (Lipinski definition) is 1. The Hall–Kier alpha value is -4.47. The SMILES string of the molecule is CCC1OC(=O)N(C(NC(=O)c2ccccn2)c2ccc(C)cc2)N=C1c1ccc(OCF)c(OC)c1. The predicted octanol–water partition coefficient (Wildman–Crippen LogP) is 4.77. The van der Waals surface area contributed by atoms with Gasteiger partial charge in [0.1, 0.15) is 17.5 Å². The Kier molecular flexibility index (Phi) is 7.97. The Balaban J connectivity index is 1.77. The number of cyclic esters (lactones) is 1. The fraction of sp³-hybridized carbons (Fsp3) is 0.259. The van der Waals surface area contributed by atoms with Crippen LogP contribution in [-0.2, 0) is 4.74 Å². The standard InChI is InChI=1S/C27H27FN4O5/c1-4-21-24(19-12-13-22(36-16-28)23(15-19)35-3)31-32(27(34)37-21)25(18-10-8-17(2)9-11-18)30-26(33)20-7-5-6-14-29-20/h5-15,21,25H,4,16H2,1-3H3,(H,30,33). The van der Waals surface area contributed by atoms with Crippen molar-refractivity contribution in [1.82, 2.24) is 15.3 Å². The summed E-state index contributed by atoms with van der Waals surface area (Å²) in [6.07, 6.45) is -0.375. The maximum Gasteiger partial charge on any atom is 0.433 e. The van der Waals surface area contributed by atoms with E-state index in [1.54, 1.807) is 48.5 Å². The molecule has 192 valence electrons. The molecule has 0 saturated carbocycles. The van der Waals surface area contributed by atoms with Crippen molar-refractivity contribution >= 4 is 17.7 Å². The molecule has 2 amide bonds. The van der Waals surface area contributed by atoms with Gasteiger partial charge in [-0.2, -0.15) is 10.1 Å². The van der Waals surface area contributed by atoms with Crippen molar-refractivity contribution in [1.29, 1.82) is 0 Å². The molecule has 1 N–H and O–H groups in total. The van der Waals surface area contributed by atoms with Gasteiger partial charge >= 0.3 is 6.09 Å². The zero-order valence-electron chi connectivity index (χ0n) is 20.7. The number of carbonyl (C=O) groups is 2. The summed E-state index contributed by atoms with van der Waals surface area (Å²) in [5, 5.41) is 8.61. The van der Waals surface area contributed by atoms with Crippen LogP contribution >= 0.6 is 0 Å². The van der Waals surface area contributed by atoms with Gasteiger partial charge in [0.05, 0.1) is 7.11 Å². The maximum atomic E-state index is 13.1. The molecule has 2 aromatic carbocycles. The number of aryl methyl sites for hydroxylation is 1. The molecule has 37 heavy (non-hydrogen) atoms. The zero-order valence-corrected chi connectivity index (χ0v) is 20.7. The number of amides is 2. The first-order valence-electron chi connectivity index (χ1n) is 11.7. The fourth-order valence-electron chi connectivity index (χ4n) is 3.87. The van der Waals surface area contributed by atoms with Crippen LogP contribution in [0.25, 0.3) is 0 Å². The van der Waals surface area contributed by atoms with Crippen molar-refractivity contribution < 1.29 is 28.2 Å². The van der Waals surface area contributed by atoms with E-state index in [4.69, 9.17) is 14.2 Å². The van der Waals surface area contributed by atoms with Crippen LogP contribution in [-0.4, -0.2) is 47.8 Å².